The fourth-order valence-corrected chi connectivity index (χ4v) is 4.05. The lowest BCUT2D eigenvalue weighted by molar-refractivity contribution is 0.0768. The summed E-state index contributed by atoms with van der Waals surface area (Å²) < 4.78 is 7.39. The van der Waals surface area contributed by atoms with Gasteiger partial charge in [0.25, 0.3) is 0 Å². The van der Waals surface area contributed by atoms with Crippen LogP contribution in [0.1, 0.15) is 43.5 Å². The maximum absolute atomic E-state index is 5.50. The third-order valence-electron chi connectivity index (χ3n) is 5.53. The number of rotatable bonds is 8. The molecule has 0 spiro atoms. The van der Waals surface area contributed by atoms with Crippen LogP contribution in [-0.4, -0.2) is 56.2 Å². The van der Waals surface area contributed by atoms with Crippen LogP contribution in [0.15, 0.2) is 53.1 Å². The Balaban J connectivity index is 1.44. The Morgan fingerprint density at radius 3 is 2.45 bits per heavy atom. The Labute approximate surface area is 172 Å². The number of nitrogens with zero attached hydrogens (tertiary/aromatic N) is 6. The molecule has 0 aliphatic carbocycles. The molecule has 0 saturated carbocycles. The van der Waals surface area contributed by atoms with Crippen molar-refractivity contribution in [1.82, 2.24) is 30.0 Å². The zero-order valence-electron chi connectivity index (χ0n) is 17.3. The average molecular weight is 395 g/mol. The molecule has 7 heteroatoms. The standard InChI is InChI=1S/C22H30N6O/c1-18(2)15-21(22-23-24-25-28(22)17-20-9-6-14-29-20)27-12-10-26(11-13-27)16-19-7-4-3-5-8-19/h3-9,14,18,21H,10-13,15-17H2,1-2H3. The highest BCUT2D eigenvalue weighted by molar-refractivity contribution is 5.14. The predicted octanol–water partition coefficient (Wildman–Crippen LogP) is 3.22. The molecule has 1 saturated heterocycles. The molecule has 0 amide bonds. The van der Waals surface area contributed by atoms with Crippen molar-refractivity contribution in [1.29, 1.82) is 0 Å². The zero-order valence-corrected chi connectivity index (χ0v) is 17.3. The van der Waals surface area contributed by atoms with Crippen LogP contribution >= 0.6 is 0 Å². The van der Waals surface area contributed by atoms with Gasteiger partial charge < -0.3 is 4.42 Å². The lowest BCUT2D eigenvalue weighted by Crippen LogP contribution is -2.47. The number of hydrogen-bond donors (Lipinski definition) is 0. The SMILES string of the molecule is CC(C)CC(c1nnnn1Cc1ccco1)N1CCN(Cc2ccccc2)CC1. The number of benzene rings is 1. The maximum Gasteiger partial charge on any atom is 0.168 e. The van der Waals surface area contributed by atoms with Gasteiger partial charge >= 0.3 is 0 Å². The van der Waals surface area contributed by atoms with Crippen molar-refractivity contribution >= 4 is 0 Å². The highest BCUT2D eigenvalue weighted by Gasteiger charge is 2.30. The second kappa shape index (κ2) is 9.33. The van der Waals surface area contributed by atoms with Gasteiger partial charge in [-0.05, 0) is 40.5 Å². The van der Waals surface area contributed by atoms with E-state index in [1.54, 1.807) is 6.26 Å². The monoisotopic (exact) mass is 394 g/mol. The van der Waals surface area contributed by atoms with Gasteiger partial charge in [0.05, 0.1) is 12.3 Å². The zero-order chi connectivity index (χ0) is 20.1. The third-order valence-corrected chi connectivity index (χ3v) is 5.53. The molecule has 3 aromatic rings. The van der Waals surface area contributed by atoms with E-state index < -0.39 is 0 Å². The molecule has 1 aliphatic heterocycles. The van der Waals surface area contributed by atoms with Crippen LogP contribution in [-0.2, 0) is 13.1 Å². The molecule has 4 rings (SSSR count). The van der Waals surface area contributed by atoms with E-state index in [0.29, 0.717) is 12.5 Å². The number of tetrazole rings is 1. The van der Waals surface area contributed by atoms with Gasteiger partial charge in [-0.3, -0.25) is 9.80 Å². The van der Waals surface area contributed by atoms with Crippen molar-refractivity contribution in [2.24, 2.45) is 5.92 Å². The van der Waals surface area contributed by atoms with E-state index in [9.17, 15) is 0 Å². The topological polar surface area (TPSA) is 63.2 Å². The van der Waals surface area contributed by atoms with Gasteiger partial charge in [0.1, 0.15) is 12.3 Å². The maximum atomic E-state index is 5.50. The van der Waals surface area contributed by atoms with Gasteiger partial charge in [0.15, 0.2) is 5.82 Å². The Hall–Kier alpha value is -2.51. The van der Waals surface area contributed by atoms with Crippen LogP contribution in [0.4, 0.5) is 0 Å². The van der Waals surface area contributed by atoms with Crippen molar-refractivity contribution in [3.8, 4) is 0 Å². The minimum absolute atomic E-state index is 0.221. The average Bonchev–Trinajstić information content (AvgIpc) is 3.40. The quantitative estimate of drug-likeness (QED) is 0.585. The predicted molar refractivity (Wildman–Crippen MR) is 111 cm³/mol. The number of furan rings is 1. The summed E-state index contributed by atoms with van der Waals surface area (Å²) in [7, 11) is 0. The van der Waals surface area contributed by atoms with Crippen molar-refractivity contribution in [3.63, 3.8) is 0 Å². The Morgan fingerprint density at radius 1 is 0.966 bits per heavy atom. The summed E-state index contributed by atoms with van der Waals surface area (Å²) in [5.41, 5.74) is 1.38. The molecule has 1 fully saturated rings. The van der Waals surface area contributed by atoms with E-state index in [-0.39, 0.29) is 6.04 Å². The van der Waals surface area contributed by atoms with Crippen molar-refractivity contribution < 1.29 is 4.42 Å². The first-order valence-corrected chi connectivity index (χ1v) is 10.5. The second-order valence-corrected chi connectivity index (χ2v) is 8.22. The first kappa shape index (κ1) is 19.8. The molecule has 0 N–H and O–H groups in total. The fraction of sp³-hybridized carbons (Fsp3) is 0.500. The van der Waals surface area contributed by atoms with E-state index in [2.05, 4.69) is 69.5 Å². The first-order valence-electron chi connectivity index (χ1n) is 10.5. The van der Waals surface area contributed by atoms with E-state index in [0.717, 1.165) is 50.7 Å². The van der Waals surface area contributed by atoms with E-state index in [1.807, 2.05) is 16.8 Å². The van der Waals surface area contributed by atoms with E-state index in [4.69, 9.17) is 4.42 Å². The molecule has 7 nitrogen and oxygen atoms in total. The van der Waals surface area contributed by atoms with Crippen LogP contribution in [0.2, 0.25) is 0 Å². The van der Waals surface area contributed by atoms with Gasteiger partial charge in [-0.15, -0.1) is 5.10 Å². The summed E-state index contributed by atoms with van der Waals surface area (Å²) in [6.07, 6.45) is 2.73. The lowest BCUT2D eigenvalue weighted by atomic mass is 10.0. The highest BCUT2D eigenvalue weighted by atomic mass is 16.3. The fourth-order valence-electron chi connectivity index (χ4n) is 4.05. The van der Waals surface area contributed by atoms with Gasteiger partial charge in [-0.2, -0.15) is 0 Å². The summed E-state index contributed by atoms with van der Waals surface area (Å²) in [5, 5.41) is 12.6. The van der Waals surface area contributed by atoms with Gasteiger partial charge in [0.2, 0.25) is 0 Å². The van der Waals surface area contributed by atoms with Crippen molar-refractivity contribution in [3.05, 3.63) is 65.9 Å². The number of aromatic nitrogens is 4. The molecule has 1 atom stereocenters. The van der Waals surface area contributed by atoms with Crippen LogP contribution in [0.3, 0.4) is 0 Å². The summed E-state index contributed by atoms with van der Waals surface area (Å²) in [5.74, 6) is 2.37. The van der Waals surface area contributed by atoms with Gasteiger partial charge in [-0.1, -0.05) is 44.2 Å². The Kier molecular flexibility index (Phi) is 6.36. The van der Waals surface area contributed by atoms with Crippen molar-refractivity contribution in [2.45, 2.75) is 39.4 Å². The molecule has 0 radical (unpaired) electrons. The van der Waals surface area contributed by atoms with Gasteiger partial charge in [-0.25, -0.2) is 4.68 Å². The molecule has 1 unspecified atom stereocenters. The molecular weight excluding hydrogens is 364 g/mol. The first-order chi connectivity index (χ1) is 14.2. The normalized spacial score (nSPS) is 17.1. The van der Waals surface area contributed by atoms with Gasteiger partial charge in [0, 0.05) is 32.7 Å². The Bertz CT molecular complexity index is 853. The summed E-state index contributed by atoms with van der Waals surface area (Å²) >= 11 is 0. The number of piperazine rings is 1. The van der Waals surface area contributed by atoms with Crippen molar-refractivity contribution in [2.75, 3.05) is 26.2 Å². The molecule has 1 aliphatic rings. The van der Waals surface area contributed by atoms with Crippen LogP contribution in [0.5, 0.6) is 0 Å². The van der Waals surface area contributed by atoms with Crippen LogP contribution in [0.25, 0.3) is 0 Å². The molecule has 0 bridgehead atoms. The van der Waals surface area contributed by atoms with E-state index in [1.165, 1.54) is 5.56 Å². The molecule has 154 valence electrons. The minimum atomic E-state index is 0.221. The molecular formula is C22H30N6O. The Morgan fingerprint density at radius 2 is 1.76 bits per heavy atom. The third kappa shape index (κ3) is 5.10. The lowest BCUT2D eigenvalue weighted by Gasteiger charge is -2.39. The van der Waals surface area contributed by atoms with Crippen LogP contribution in [0, 0.1) is 5.92 Å². The second-order valence-electron chi connectivity index (χ2n) is 8.22. The van der Waals surface area contributed by atoms with Crippen LogP contribution < -0.4 is 0 Å². The largest absolute Gasteiger partial charge is 0.467 e. The smallest absolute Gasteiger partial charge is 0.168 e. The highest BCUT2D eigenvalue weighted by Crippen LogP contribution is 2.28. The number of hydrogen-bond acceptors (Lipinski definition) is 6. The summed E-state index contributed by atoms with van der Waals surface area (Å²) in [6.45, 7) is 10.3. The molecule has 1 aromatic carbocycles. The summed E-state index contributed by atoms with van der Waals surface area (Å²) in [4.78, 5) is 5.08. The molecule has 2 aromatic heterocycles. The van der Waals surface area contributed by atoms with E-state index >= 15 is 0 Å². The summed E-state index contributed by atoms with van der Waals surface area (Å²) in [6, 6.07) is 14.8. The molecule has 3 heterocycles. The molecule has 29 heavy (non-hydrogen) atoms. The minimum Gasteiger partial charge on any atom is -0.467 e.